The zero-order valence-electron chi connectivity index (χ0n) is 10.2. The fourth-order valence-electron chi connectivity index (χ4n) is 1.73. The standard InChI is InChI=1S/C14H12BrClN2O/c1-9(10-5-2-3-7-12(10)16)18-14(19)11-6-4-8-17-13(11)15/h2-9H,1H3,(H,18,19). The molecule has 0 aliphatic carbocycles. The van der Waals surface area contributed by atoms with Crippen LogP contribution in [0.2, 0.25) is 5.02 Å². The van der Waals surface area contributed by atoms with Gasteiger partial charge in [-0.2, -0.15) is 0 Å². The van der Waals surface area contributed by atoms with E-state index in [4.69, 9.17) is 11.6 Å². The van der Waals surface area contributed by atoms with Gasteiger partial charge in [0.15, 0.2) is 0 Å². The Morgan fingerprint density at radius 1 is 1.32 bits per heavy atom. The van der Waals surface area contributed by atoms with E-state index in [0.29, 0.717) is 15.2 Å². The van der Waals surface area contributed by atoms with Gasteiger partial charge >= 0.3 is 0 Å². The maximum Gasteiger partial charge on any atom is 0.254 e. The first-order valence-electron chi connectivity index (χ1n) is 5.75. The van der Waals surface area contributed by atoms with Crippen LogP contribution in [0, 0.1) is 0 Å². The lowest BCUT2D eigenvalue weighted by Crippen LogP contribution is -2.27. The number of pyridine rings is 1. The number of hydrogen-bond acceptors (Lipinski definition) is 2. The molecule has 0 saturated carbocycles. The van der Waals surface area contributed by atoms with E-state index in [1.165, 1.54) is 0 Å². The third-order valence-electron chi connectivity index (χ3n) is 2.72. The highest BCUT2D eigenvalue weighted by Gasteiger charge is 2.15. The van der Waals surface area contributed by atoms with E-state index in [2.05, 4.69) is 26.2 Å². The summed E-state index contributed by atoms with van der Waals surface area (Å²) in [6, 6.07) is 10.7. The van der Waals surface area contributed by atoms with Gasteiger partial charge in [0, 0.05) is 11.2 Å². The second-order valence-electron chi connectivity index (χ2n) is 4.06. The normalized spacial score (nSPS) is 11.9. The molecular formula is C14H12BrClN2O. The molecule has 1 heterocycles. The van der Waals surface area contributed by atoms with Crippen molar-refractivity contribution in [1.82, 2.24) is 10.3 Å². The number of nitrogens with one attached hydrogen (secondary N) is 1. The Kier molecular flexibility index (Phi) is 4.56. The van der Waals surface area contributed by atoms with Crippen molar-refractivity contribution in [1.29, 1.82) is 0 Å². The molecule has 0 saturated heterocycles. The lowest BCUT2D eigenvalue weighted by atomic mass is 10.1. The molecule has 1 aromatic heterocycles. The minimum atomic E-state index is -0.188. The van der Waals surface area contributed by atoms with E-state index >= 15 is 0 Å². The first kappa shape index (κ1) is 14.0. The van der Waals surface area contributed by atoms with Crippen LogP contribution in [0.4, 0.5) is 0 Å². The largest absolute Gasteiger partial charge is 0.345 e. The van der Waals surface area contributed by atoms with Crippen molar-refractivity contribution in [3.05, 3.63) is 63.3 Å². The van der Waals surface area contributed by atoms with Crippen LogP contribution in [-0.2, 0) is 0 Å². The molecule has 1 unspecified atom stereocenters. The molecule has 3 nitrogen and oxygen atoms in total. The maximum atomic E-state index is 12.1. The molecule has 2 aromatic rings. The van der Waals surface area contributed by atoms with E-state index in [9.17, 15) is 4.79 Å². The Balaban J connectivity index is 2.16. The van der Waals surface area contributed by atoms with Crippen molar-refractivity contribution >= 4 is 33.4 Å². The first-order valence-corrected chi connectivity index (χ1v) is 6.92. The monoisotopic (exact) mass is 338 g/mol. The lowest BCUT2D eigenvalue weighted by molar-refractivity contribution is 0.0938. The van der Waals surface area contributed by atoms with Crippen molar-refractivity contribution in [2.45, 2.75) is 13.0 Å². The van der Waals surface area contributed by atoms with Crippen LogP contribution in [0.1, 0.15) is 28.9 Å². The minimum absolute atomic E-state index is 0.173. The highest BCUT2D eigenvalue weighted by Crippen LogP contribution is 2.23. The summed E-state index contributed by atoms with van der Waals surface area (Å²) >= 11 is 9.37. The highest BCUT2D eigenvalue weighted by atomic mass is 79.9. The summed E-state index contributed by atoms with van der Waals surface area (Å²) in [6.07, 6.45) is 1.62. The number of halogens is 2. The first-order chi connectivity index (χ1) is 9.09. The Bertz CT molecular complexity index is 604. The summed E-state index contributed by atoms with van der Waals surface area (Å²) in [6.45, 7) is 1.89. The fourth-order valence-corrected chi connectivity index (χ4v) is 2.46. The van der Waals surface area contributed by atoms with Gasteiger partial charge in [0.25, 0.3) is 5.91 Å². The summed E-state index contributed by atoms with van der Waals surface area (Å²) in [5.74, 6) is -0.188. The Morgan fingerprint density at radius 2 is 2.05 bits per heavy atom. The fraction of sp³-hybridized carbons (Fsp3) is 0.143. The maximum absolute atomic E-state index is 12.1. The third-order valence-corrected chi connectivity index (χ3v) is 3.70. The lowest BCUT2D eigenvalue weighted by Gasteiger charge is -2.16. The van der Waals surface area contributed by atoms with Gasteiger partial charge in [-0.25, -0.2) is 4.98 Å². The molecule has 5 heteroatoms. The summed E-state index contributed by atoms with van der Waals surface area (Å²) < 4.78 is 0.527. The zero-order chi connectivity index (χ0) is 13.8. The van der Waals surface area contributed by atoms with Gasteiger partial charge in [0.2, 0.25) is 0 Å². The van der Waals surface area contributed by atoms with E-state index in [0.717, 1.165) is 5.56 Å². The quantitative estimate of drug-likeness (QED) is 0.859. The van der Waals surface area contributed by atoms with Gasteiger partial charge in [-0.1, -0.05) is 29.8 Å². The Labute approximate surface area is 125 Å². The minimum Gasteiger partial charge on any atom is -0.345 e. The number of carbonyl (C=O) groups excluding carboxylic acids is 1. The molecule has 1 N–H and O–H groups in total. The van der Waals surface area contributed by atoms with Gasteiger partial charge in [-0.3, -0.25) is 4.79 Å². The molecular weight excluding hydrogens is 328 g/mol. The van der Waals surface area contributed by atoms with Crippen molar-refractivity contribution in [2.24, 2.45) is 0 Å². The summed E-state index contributed by atoms with van der Waals surface area (Å²) in [5, 5.41) is 3.54. The highest BCUT2D eigenvalue weighted by molar-refractivity contribution is 9.10. The van der Waals surface area contributed by atoms with Crippen molar-refractivity contribution in [3.8, 4) is 0 Å². The molecule has 1 aromatic carbocycles. The molecule has 1 amide bonds. The average Bonchev–Trinajstić information content (AvgIpc) is 2.39. The molecule has 2 rings (SSSR count). The van der Waals surface area contributed by atoms with Crippen LogP contribution in [-0.4, -0.2) is 10.9 Å². The van der Waals surface area contributed by atoms with Gasteiger partial charge in [-0.05, 0) is 46.6 Å². The van der Waals surface area contributed by atoms with E-state index < -0.39 is 0 Å². The molecule has 0 spiro atoms. The van der Waals surface area contributed by atoms with Gasteiger partial charge in [0.05, 0.1) is 11.6 Å². The molecule has 98 valence electrons. The van der Waals surface area contributed by atoms with Crippen molar-refractivity contribution in [2.75, 3.05) is 0 Å². The number of benzene rings is 1. The van der Waals surface area contributed by atoms with Crippen LogP contribution in [0.5, 0.6) is 0 Å². The molecule has 1 atom stereocenters. The second-order valence-corrected chi connectivity index (χ2v) is 5.22. The third kappa shape index (κ3) is 3.33. The number of aromatic nitrogens is 1. The van der Waals surface area contributed by atoms with E-state index in [-0.39, 0.29) is 11.9 Å². The molecule has 0 bridgehead atoms. The van der Waals surface area contributed by atoms with Crippen molar-refractivity contribution < 1.29 is 4.79 Å². The van der Waals surface area contributed by atoms with Crippen LogP contribution in [0.15, 0.2) is 47.2 Å². The van der Waals surface area contributed by atoms with E-state index in [1.807, 2.05) is 25.1 Å². The average molecular weight is 340 g/mol. The molecule has 0 fully saturated rings. The number of rotatable bonds is 3. The van der Waals surface area contributed by atoms with E-state index in [1.54, 1.807) is 24.4 Å². The van der Waals surface area contributed by atoms with Gasteiger partial charge in [0.1, 0.15) is 4.60 Å². The Morgan fingerprint density at radius 3 is 2.74 bits per heavy atom. The van der Waals surface area contributed by atoms with Gasteiger partial charge in [-0.15, -0.1) is 0 Å². The SMILES string of the molecule is CC(NC(=O)c1cccnc1Br)c1ccccc1Cl. The molecule has 0 aliphatic heterocycles. The molecule has 0 aliphatic rings. The summed E-state index contributed by atoms with van der Waals surface area (Å²) in [7, 11) is 0. The summed E-state index contributed by atoms with van der Waals surface area (Å²) in [4.78, 5) is 16.2. The number of carbonyl (C=O) groups is 1. The van der Waals surface area contributed by atoms with Gasteiger partial charge < -0.3 is 5.32 Å². The van der Waals surface area contributed by atoms with Crippen LogP contribution in [0.25, 0.3) is 0 Å². The van der Waals surface area contributed by atoms with Crippen LogP contribution < -0.4 is 5.32 Å². The van der Waals surface area contributed by atoms with Crippen LogP contribution >= 0.6 is 27.5 Å². The molecule has 0 radical (unpaired) electrons. The topological polar surface area (TPSA) is 42.0 Å². The molecule has 19 heavy (non-hydrogen) atoms. The van der Waals surface area contributed by atoms with Crippen molar-refractivity contribution in [3.63, 3.8) is 0 Å². The number of amides is 1. The smallest absolute Gasteiger partial charge is 0.254 e. The second kappa shape index (κ2) is 6.17. The predicted octanol–water partition coefficient (Wildman–Crippen LogP) is 3.99. The Hall–Kier alpha value is -1.39. The zero-order valence-corrected chi connectivity index (χ0v) is 12.6. The number of nitrogens with zero attached hydrogens (tertiary/aromatic N) is 1. The number of hydrogen-bond donors (Lipinski definition) is 1. The summed E-state index contributed by atoms with van der Waals surface area (Å²) in [5.41, 5.74) is 1.39. The van der Waals surface area contributed by atoms with Crippen LogP contribution in [0.3, 0.4) is 0 Å². The predicted molar refractivity (Wildman–Crippen MR) is 79.3 cm³/mol.